The van der Waals surface area contributed by atoms with Gasteiger partial charge in [0.05, 0.1) is 0 Å². The molecular weight excluding hydrogens is 222 g/mol. The van der Waals surface area contributed by atoms with Crippen LogP contribution in [0, 0.1) is 11.3 Å². The molecular formula is C16H27NO. The van der Waals surface area contributed by atoms with Gasteiger partial charge in [0.2, 0.25) is 0 Å². The average Bonchev–Trinajstić information content (AvgIpc) is 2.79. The van der Waals surface area contributed by atoms with Gasteiger partial charge in [0.25, 0.3) is 0 Å². The van der Waals surface area contributed by atoms with Crippen molar-refractivity contribution < 1.29 is 4.79 Å². The molecule has 2 saturated carbocycles. The number of carbonyl (C=O) groups is 1. The van der Waals surface area contributed by atoms with Gasteiger partial charge in [0, 0.05) is 18.9 Å². The molecule has 1 heterocycles. The van der Waals surface area contributed by atoms with E-state index in [1.807, 2.05) is 0 Å². The van der Waals surface area contributed by atoms with E-state index in [0.29, 0.717) is 17.1 Å². The highest BCUT2D eigenvalue weighted by Gasteiger charge is 2.36. The second-order valence-electron chi connectivity index (χ2n) is 6.92. The molecule has 1 spiro atoms. The van der Waals surface area contributed by atoms with Crippen LogP contribution < -0.4 is 0 Å². The summed E-state index contributed by atoms with van der Waals surface area (Å²) in [6, 6.07) is 0. The minimum Gasteiger partial charge on any atom is -0.303 e. The summed E-state index contributed by atoms with van der Waals surface area (Å²) in [6.45, 7) is 3.57. The van der Waals surface area contributed by atoms with Crippen LogP contribution in [0.4, 0.5) is 0 Å². The number of rotatable bonds is 2. The van der Waals surface area contributed by atoms with Crippen molar-refractivity contribution in [1.29, 1.82) is 0 Å². The Bertz CT molecular complexity index is 296. The Kier molecular flexibility index (Phi) is 3.74. The van der Waals surface area contributed by atoms with E-state index in [1.165, 1.54) is 58.0 Å². The fourth-order valence-electron chi connectivity index (χ4n) is 4.40. The third-order valence-corrected chi connectivity index (χ3v) is 5.74. The molecule has 2 nitrogen and oxygen atoms in total. The lowest BCUT2D eigenvalue weighted by Gasteiger charge is -2.44. The fourth-order valence-corrected chi connectivity index (χ4v) is 4.40. The molecule has 1 aliphatic heterocycles. The molecule has 0 amide bonds. The van der Waals surface area contributed by atoms with E-state index < -0.39 is 0 Å². The first kappa shape index (κ1) is 12.7. The predicted molar refractivity (Wildman–Crippen MR) is 73.5 cm³/mol. The molecule has 0 N–H and O–H groups in total. The molecule has 1 saturated heterocycles. The number of piperidine rings is 1. The Hall–Kier alpha value is -0.370. The van der Waals surface area contributed by atoms with Crippen LogP contribution in [0.25, 0.3) is 0 Å². The normalized spacial score (nSPS) is 33.1. The van der Waals surface area contributed by atoms with Crippen LogP contribution in [0.15, 0.2) is 0 Å². The largest absolute Gasteiger partial charge is 0.303 e. The molecule has 2 aliphatic carbocycles. The highest BCUT2D eigenvalue weighted by Crippen LogP contribution is 2.44. The van der Waals surface area contributed by atoms with Crippen molar-refractivity contribution in [2.45, 2.75) is 64.2 Å². The molecule has 0 radical (unpaired) electrons. The fraction of sp³-hybridized carbons (Fsp3) is 0.938. The van der Waals surface area contributed by atoms with Gasteiger partial charge in [-0.1, -0.05) is 19.3 Å². The molecule has 3 rings (SSSR count). The Morgan fingerprint density at radius 2 is 1.72 bits per heavy atom. The van der Waals surface area contributed by atoms with E-state index in [4.69, 9.17) is 0 Å². The zero-order valence-corrected chi connectivity index (χ0v) is 11.6. The van der Waals surface area contributed by atoms with E-state index in [1.54, 1.807) is 0 Å². The summed E-state index contributed by atoms with van der Waals surface area (Å²) in [6.07, 6.45) is 13.3. The maximum atomic E-state index is 11.7. The van der Waals surface area contributed by atoms with Gasteiger partial charge in [-0.25, -0.2) is 0 Å². The van der Waals surface area contributed by atoms with E-state index in [0.717, 1.165) is 25.8 Å². The molecule has 1 unspecified atom stereocenters. The van der Waals surface area contributed by atoms with E-state index in [-0.39, 0.29) is 0 Å². The van der Waals surface area contributed by atoms with Gasteiger partial charge in [-0.05, 0) is 57.0 Å². The molecule has 0 aromatic heterocycles. The van der Waals surface area contributed by atoms with Gasteiger partial charge >= 0.3 is 0 Å². The Morgan fingerprint density at radius 3 is 2.33 bits per heavy atom. The summed E-state index contributed by atoms with van der Waals surface area (Å²) >= 11 is 0. The van der Waals surface area contributed by atoms with Gasteiger partial charge in [0.1, 0.15) is 5.78 Å². The number of nitrogens with zero attached hydrogens (tertiary/aromatic N) is 1. The molecule has 3 aliphatic rings. The van der Waals surface area contributed by atoms with Crippen molar-refractivity contribution in [3.05, 3.63) is 0 Å². The summed E-state index contributed by atoms with van der Waals surface area (Å²) in [5.74, 6) is 0.915. The molecule has 0 aromatic carbocycles. The smallest absolute Gasteiger partial charge is 0.137 e. The Morgan fingerprint density at radius 1 is 1.00 bits per heavy atom. The van der Waals surface area contributed by atoms with Crippen LogP contribution in [0.5, 0.6) is 0 Å². The topological polar surface area (TPSA) is 20.3 Å². The number of Topliss-reactive ketones (excluding diaryl/α,β-unsaturated/α-hetero) is 1. The quantitative estimate of drug-likeness (QED) is 0.747. The molecule has 2 heteroatoms. The second kappa shape index (κ2) is 5.32. The van der Waals surface area contributed by atoms with Crippen LogP contribution in [-0.2, 0) is 4.79 Å². The summed E-state index contributed by atoms with van der Waals surface area (Å²) in [7, 11) is 0. The van der Waals surface area contributed by atoms with Crippen molar-refractivity contribution in [3.8, 4) is 0 Å². The predicted octanol–water partition coefficient (Wildman–Crippen LogP) is 3.40. The standard InChI is InChI=1S/C16H27NO/c18-15-6-4-5-14(15)13-17-11-9-16(10-12-17)7-2-1-3-8-16/h14H,1-13H2. The third-order valence-electron chi connectivity index (χ3n) is 5.74. The summed E-state index contributed by atoms with van der Waals surface area (Å²) in [4.78, 5) is 14.3. The number of carbonyl (C=O) groups excluding carboxylic acids is 1. The van der Waals surface area contributed by atoms with Crippen molar-refractivity contribution in [1.82, 2.24) is 4.90 Å². The summed E-state index contributed by atoms with van der Waals surface area (Å²) in [5, 5.41) is 0. The first-order valence-electron chi connectivity index (χ1n) is 8.03. The van der Waals surface area contributed by atoms with Crippen LogP contribution in [0.1, 0.15) is 64.2 Å². The first-order valence-corrected chi connectivity index (χ1v) is 8.03. The van der Waals surface area contributed by atoms with E-state index in [2.05, 4.69) is 4.90 Å². The zero-order valence-electron chi connectivity index (χ0n) is 11.6. The molecule has 0 aromatic rings. The maximum Gasteiger partial charge on any atom is 0.137 e. The first-order chi connectivity index (χ1) is 8.77. The van der Waals surface area contributed by atoms with Crippen LogP contribution in [-0.4, -0.2) is 30.3 Å². The highest BCUT2D eigenvalue weighted by atomic mass is 16.1. The Labute approximate surface area is 111 Å². The molecule has 102 valence electrons. The van der Waals surface area contributed by atoms with Gasteiger partial charge in [-0.3, -0.25) is 4.79 Å². The average molecular weight is 249 g/mol. The van der Waals surface area contributed by atoms with E-state index in [9.17, 15) is 4.79 Å². The lowest BCUT2D eigenvalue weighted by molar-refractivity contribution is -0.121. The van der Waals surface area contributed by atoms with Crippen LogP contribution in [0.3, 0.4) is 0 Å². The number of hydrogen-bond donors (Lipinski definition) is 0. The minimum absolute atomic E-state index is 0.380. The summed E-state index contributed by atoms with van der Waals surface area (Å²) < 4.78 is 0. The SMILES string of the molecule is O=C1CCCC1CN1CCC2(CCCCC2)CC1. The van der Waals surface area contributed by atoms with Crippen molar-refractivity contribution in [2.75, 3.05) is 19.6 Å². The molecule has 1 atom stereocenters. The monoisotopic (exact) mass is 249 g/mol. The number of likely N-dealkylation sites (tertiary alicyclic amines) is 1. The molecule has 18 heavy (non-hydrogen) atoms. The van der Waals surface area contributed by atoms with Gasteiger partial charge in [0.15, 0.2) is 0 Å². The van der Waals surface area contributed by atoms with Crippen molar-refractivity contribution >= 4 is 5.78 Å². The lowest BCUT2D eigenvalue weighted by atomic mass is 9.68. The molecule has 0 bridgehead atoms. The van der Waals surface area contributed by atoms with Gasteiger partial charge < -0.3 is 4.90 Å². The minimum atomic E-state index is 0.380. The zero-order chi connectivity index (χ0) is 12.4. The van der Waals surface area contributed by atoms with Crippen LogP contribution >= 0.6 is 0 Å². The van der Waals surface area contributed by atoms with Crippen LogP contribution in [0.2, 0.25) is 0 Å². The van der Waals surface area contributed by atoms with Gasteiger partial charge in [-0.15, -0.1) is 0 Å². The summed E-state index contributed by atoms with van der Waals surface area (Å²) in [5.41, 5.74) is 0.703. The van der Waals surface area contributed by atoms with Crippen molar-refractivity contribution in [3.63, 3.8) is 0 Å². The third kappa shape index (κ3) is 2.64. The van der Waals surface area contributed by atoms with Gasteiger partial charge in [-0.2, -0.15) is 0 Å². The molecule has 3 fully saturated rings. The highest BCUT2D eigenvalue weighted by molar-refractivity contribution is 5.83. The van der Waals surface area contributed by atoms with Crippen molar-refractivity contribution in [2.24, 2.45) is 11.3 Å². The van der Waals surface area contributed by atoms with E-state index >= 15 is 0 Å². The second-order valence-corrected chi connectivity index (χ2v) is 6.92. The maximum absolute atomic E-state index is 11.7. The number of hydrogen-bond acceptors (Lipinski definition) is 2. The number of ketones is 1. The lowest BCUT2D eigenvalue weighted by Crippen LogP contribution is -2.43. The Balaban J connectivity index is 1.49.